The second-order valence-corrected chi connectivity index (χ2v) is 8.03. The topological polar surface area (TPSA) is 43.9 Å². The Morgan fingerprint density at radius 3 is 2.30 bits per heavy atom. The van der Waals surface area contributed by atoms with Gasteiger partial charge in [0.1, 0.15) is 5.82 Å². The number of carbonyl (C=O) groups excluding carboxylic acids is 2. The molecule has 1 aromatic rings. The highest BCUT2D eigenvalue weighted by Crippen LogP contribution is 2.29. The van der Waals surface area contributed by atoms with Crippen LogP contribution in [0.15, 0.2) is 24.3 Å². The number of hydrogen-bond acceptors (Lipinski definition) is 3. The van der Waals surface area contributed by atoms with Gasteiger partial charge in [-0.1, -0.05) is 19.3 Å². The van der Waals surface area contributed by atoms with Crippen LogP contribution in [0.5, 0.6) is 0 Å². The average molecular weight is 373 g/mol. The summed E-state index contributed by atoms with van der Waals surface area (Å²) >= 11 is 0. The van der Waals surface area contributed by atoms with Crippen LogP contribution in [0.25, 0.3) is 0 Å². The number of likely N-dealkylation sites (tertiary alicyclic amines) is 1. The van der Waals surface area contributed by atoms with Crippen molar-refractivity contribution in [3.05, 3.63) is 30.1 Å². The molecule has 0 spiro atoms. The summed E-state index contributed by atoms with van der Waals surface area (Å²) in [7, 11) is 0. The highest BCUT2D eigenvalue weighted by atomic mass is 19.1. The molecule has 0 aromatic heterocycles. The van der Waals surface area contributed by atoms with Crippen LogP contribution in [-0.4, -0.2) is 60.4 Å². The average Bonchev–Trinajstić information content (AvgIpc) is 3.10. The van der Waals surface area contributed by atoms with Gasteiger partial charge in [0.25, 0.3) is 0 Å². The number of rotatable bonds is 3. The molecule has 0 bridgehead atoms. The van der Waals surface area contributed by atoms with E-state index in [0.29, 0.717) is 32.1 Å². The van der Waals surface area contributed by atoms with Gasteiger partial charge >= 0.3 is 0 Å². The summed E-state index contributed by atoms with van der Waals surface area (Å²) in [5.74, 6) is -0.136. The van der Waals surface area contributed by atoms with Crippen LogP contribution in [0.4, 0.5) is 10.1 Å². The first-order chi connectivity index (χ1) is 13.1. The molecule has 1 unspecified atom stereocenters. The lowest BCUT2D eigenvalue weighted by Gasteiger charge is -2.37. The molecular weight excluding hydrogens is 345 g/mol. The maximum absolute atomic E-state index is 13.1. The van der Waals surface area contributed by atoms with Crippen LogP contribution in [0.2, 0.25) is 0 Å². The maximum Gasteiger partial charge on any atom is 0.228 e. The van der Waals surface area contributed by atoms with E-state index >= 15 is 0 Å². The van der Waals surface area contributed by atoms with Crippen LogP contribution >= 0.6 is 0 Å². The molecule has 146 valence electrons. The molecule has 1 saturated carbocycles. The number of nitrogens with zero attached hydrogens (tertiary/aromatic N) is 3. The minimum atomic E-state index is -0.235. The Balaban J connectivity index is 1.31. The summed E-state index contributed by atoms with van der Waals surface area (Å²) < 4.78 is 13.1. The number of benzene rings is 1. The SMILES string of the molecule is O=C(C1CC(=O)N(C2CCCCC2)C1)N1CCN(c2ccc(F)cc2)CC1. The first-order valence-corrected chi connectivity index (χ1v) is 10.2. The van der Waals surface area contributed by atoms with Crippen molar-refractivity contribution in [3.8, 4) is 0 Å². The van der Waals surface area contributed by atoms with Crippen LogP contribution in [0, 0.1) is 11.7 Å². The van der Waals surface area contributed by atoms with Gasteiger partial charge in [-0.15, -0.1) is 0 Å². The van der Waals surface area contributed by atoms with Crippen LogP contribution < -0.4 is 4.90 Å². The standard InChI is InChI=1S/C21H28FN3O2/c22-17-6-8-18(9-7-17)23-10-12-24(13-11-23)21(27)16-14-20(26)25(15-16)19-4-2-1-3-5-19/h6-9,16,19H,1-5,10-15H2. The Morgan fingerprint density at radius 2 is 1.63 bits per heavy atom. The van der Waals surface area contributed by atoms with Gasteiger partial charge in [0.05, 0.1) is 5.92 Å². The van der Waals surface area contributed by atoms with Gasteiger partial charge in [-0.05, 0) is 37.1 Å². The first-order valence-electron chi connectivity index (χ1n) is 10.2. The van der Waals surface area contributed by atoms with Crippen molar-refractivity contribution in [1.82, 2.24) is 9.80 Å². The molecule has 2 saturated heterocycles. The molecule has 2 amide bonds. The lowest BCUT2D eigenvalue weighted by Crippen LogP contribution is -2.50. The van der Waals surface area contributed by atoms with Gasteiger partial charge < -0.3 is 14.7 Å². The molecule has 0 N–H and O–H groups in total. The Kier molecular flexibility index (Phi) is 5.32. The quantitative estimate of drug-likeness (QED) is 0.818. The van der Waals surface area contributed by atoms with Gasteiger partial charge in [-0.3, -0.25) is 9.59 Å². The van der Waals surface area contributed by atoms with Gasteiger partial charge in [0, 0.05) is 50.9 Å². The van der Waals surface area contributed by atoms with Crippen LogP contribution in [0.1, 0.15) is 38.5 Å². The van der Waals surface area contributed by atoms with Crippen molar-refractivity contribution in [1.29, 1.82) is 0 Å². The molecule has 1 aromatic carbocycles. The third-order valence-electron chi connectivity index (χ3n) is 6.31. The molecule has 27 heavy (non-hydrogen) atoms. The van der Waals surface area contributed by atoms with Gasteiger partial charge in [-0.2, -0.15) is 0 Å². The van der Waals surface area contributed by atoms with E-state index in [4.69, 9.17) is 0 Å². The Labute approximate surface area is 160 Å². The number of carbonyl (C=O) groups is 2. The molecule has 1 aliphatic carbocycles. The normalized spacial score (nSPS) is 24.6. The van der Waals surface area contributed by atoms with Gasteiger partial charge in [0.2, 0.25) is 11.8 Å². The number of halogens is 1. The monoisotopic (exact) mass is 373 g/mol. The number of hydrogen-bond donors (Lipinski definition) is 0. The second-order valence-electron chi connectivity index (χ2n) is 8.03. The summed E-state index contributed by atoms with van der Waals surface area (Å²) in [6, 6.07) is 6.85. The Morgan fingerprint density at radius 1 is 0.963 bits per heavy atom. The summed E-state index contributed by atoms with van der Waals surface area (Å²) in [6.45, 7) is 3.39. The fraction of sp³-hybridized carbons (Fsp3) is 0.619. The molecule has 2 heterocycles. The predicted octanol–water partition coefficient (Wildman–Crippen LogP) is 2.66. The smallest absolute Gasteiger partial charge is 0.228 e. The molecule has 5 nitrogen and oxygen atoms in total. The van der Waals surface area contributed by atoms with Crippen molar-refractivity contribution in [2.45, 2.75) is 44.6 Å². The van der Waals surface area contributed by atoms with E-state index in [-0.39, 0.29) is 23.5 Å². The van der Waals surface area contributed by atoms with Crippen molar-refractivity contribution >= 4 is 17.5 Å². The van der Waals surface area contributed by atoms with E-state index in [1.807, 2.05) is 9.80 Å². The summed E-state index contributed by atoms with van der Waals surface area (Å²) in [6.07, 6.45) is 6.19. The lowest BCUT2D eigenvalue weighted by atomic mass is 9.94. The Hall–Kier alpha value is -2.11. The van der Waals surface area contributed by atoms with Crippen molar-refractivity contribution in [2.75, 3.05) is 37.6 Å². The zero-order valence-corrected chi connectivity index (χ0v) is 15.8. The van der Waals surface area contributed by atoms with E-state index in [2.05, 4.69) is 4.90 Å². The summed E-state index contributed by atoms with van der Waals surface area (Å²) in [4.78, 5) is 31.5. The number of amides is 2. The Bertz CT molecular complexity index is 679. The molecule has 1 atom stereocenters. The third kappa shape index (κ3) is 3.94. The molecule has 0 radical (unpaired) electrons. The van der Waals surface area contributed by atoms with Gasteiger partial charge in [0.15, 0.2) is 0 Å². The van der Waals surface area contributed by atoms with Crippen molar-refractivity contribution < 1.29 is 14.0 Å². The zero-order valence-electron chi connectivity index (χ0n) is 15.8. The summed E-state index contributed by atoms with van der Waals surface area (Å²) in [5.41, 5.74) is 0.989. The van der Waals surface area contributed by atoms with Gasteiger partial charge in [-0.25, -0.2) is 4.39 Å². The molecule has 6 heteroatoms. The van der Waals surface area contributed by atoms with Crippen LogP contribution in [0.3, 0.4) is 0 Å². The summed E-state index contributed by atoms with van der Waals surface area (Å²) in [5, 5.41) is 0. The molecular formula is C21H28FN3O2. The van der Waals surface area contributed by atoms with E-state index in [0.717, 1.165) is 31.6 Å². The van der Waals surface area contributed by atoms with E-state index in [9.17, 15) is 14.0 Å². The molecule has 3 aliphatic rings. The van der Waals surface area contributed by atoms with Crippen molar-refractivity contribution in [2.24, 2.45) is 5.92 Å². The maximum atomic E-state index is 13.1. The van der Waals surface area contributed by atoms with Crippen LogP contribution in [-0.2, 0) is 9.59 Å². The van der Waals surface area contributed by atoms with E-state index in [1.54, 1.807) is 12.1 Å². The number of anilines is 1. The highest BCUT2D eigenvalue weighted by molar-refractivity contribution is 5.89. The third-order valence-corrected chi connectivity index (χ3v) is 6.31. The molecule has 4 rings (SSSR count). The largest absolute Gasteiger partial charge is 0.368 e. The lowest BCUT2D eigenvalue weighted by molar-refractivity contribution is -0.136. The van der Waals surface area contributed by atoms with Crippen molar-refractivity contribution in [3.63, 3.8) is 0 Å². The first kappa shape index (κ1) is 18.3. The predicted molar refractivity (Wildman–Crippen MR) is 102 cm³/mol. The minimum absolute atomic E-state index is 0.125. The van der Waals surface area contributed by atoms with E-state index in [1.165, 1.54) is 31.4 Å². The molecule has 3 fully saturated rings. The fourth-order valence-electron chi connectivity index (χ4n) is 4.74. The fourth-order valence-corrected chi connectivity index (χ4v) is 4.74. The second kappa shape index (κ2) is 7.87. The van der Waals surface area contributed by atoms with E-state index < -0.39 is 0 Å². The number of piperazine rings is 1. The highest BCUT2D eigenvalue weighted by Gasteiger charge is 2.40. The minimum Gasteiger partial charge on any atom is -0.368 e. The zero-order chi connectivity index (χ0) is 18.8. The molecule has 2 aliphatic heterocycles.